The Balaban J connectivity index is 2.51. The number of rotatable bonds is 1. The van der Waals surface area contributed by atoms with Crippen LogP contribution in [0.5, 0.6) is 5.75 Å². The molecule has 0 radical (unpaired) electrons. The van der Waals surface area contributed by atoms with Gasteiger partial charge in [0.25, 0.3) is 0 Å². The van der Waals surface area contributed by atoms with Crippen LogP contribution in [0.25, 0.3) is 0 Å². The normalized spacial score (nSPS) is 19.2. The number of ether oxygens (including phenoxy) is 1. The Labute approximate surface area is 107 Å². The maximum Gasteiger partial charge on any atom is 0.314 e. The summed E-state index contributed by atoms with van der Waals surface area (Å²) in [7, 11) is 0. The summed E-state index contributed by atoms with van der Waals surface area (Å²) in [6, 6.07) is 2.78. The number of carboxylic acids is 1. The first kappa shape index (κ1) is 12.2. The minimum atomic E-state index is -1.16. The summed E-state index contributed by atoms with van der Waals surface area (Å²) in [6.07, 6.45) is 0.137. The van der Waals surface area contributed by atoms with Crippen molar-refractivity contribution >= 4 is 35.0 Å². The molecule has 2 rings (SSSR count). The number of halogens is 2. The molecule has 0 saturated carbocycles. The highest BCUT2D eigenvalue weighted by Crippen LogP contribution is 2.34. The number of fused-ring (bicyclic) bond motifs is 1. The van der Waals surface area contributed by atoms with E-state index in [1.807, 2.05) is 0 Å². The molecule has 1 aliphatic heterocycles. The summed E-state index contributed by atoms with van der Waals surface area (Å²) >= 11 is 11.6. The summed E-state index contributed by atoms with van der Waals surface area (Å²) in [6.45, 7) is 0.160. The van der Waals surface area contributed by atoms with Crippen LogP contribution in [0.3, 0.4) is 0 Å². The predicted octanol–water partition coefficient (Wildman–Crippen LogP) is 2.66. The van der Waals surface area contributed by atoms with E-state index in [4.69, 9.17) is 33.0 Å². The quantitative estimate of drug-likeness (QED) is 0.800. The van der Waals surface area contributed by atoms with Gasteiger partial charge in [-0.25, -0.2) is 0 Å². The third-order valence-electron chi connectivity index (χ3n) is 2.57. The van der Waals surface area contributed by atoms with Gasteiger partial charge in [-0.05, 0) is 6.07 Å². The molecule has 1 aromatic rings. The Bertz CT molecular complexity index is 498. The number of carboxylic acid groups (broad SMARTS) is 1. The Morgan fingerprint density at radius 1 is 1.35 bits per heavy atom. The van der Waals surface area contributed by atoms with E-state index < -0.39 is 17.7 Å². The fourth-order valence-electron chi connectivity index (χ4n) is 1.68. The maximum atomic E-state index is 12.0. The van der Waals surface area contributed by atoms with Crippen LogP contribution in [0.2, 0.25) is 10.0 Å². The molecule has 0 aliphatic carbocycles. The topological polar surface area (TPSA) is 63.6 Å². The molecular formula is C11H8Cl2O4. The number of hydrogen-bond donors (Lipinski definition) is 1. The van der Waals surface area contributed by atoms with Crippen molar-refractivity contribution in [2.24, 2.45) is 5.92 Å². The number of ketones is 1. The molecule has 4 nitrogen and oxygen atoms in total. The molecule has 0 saturated heterocycles. The number of carbonyl (C=O) groups is 2. The second-order valence-corrected chi connectivity index (χ2v) is 4.47. The third kappa shape index (κ3) is 2.23. The lowest BCUT2D eigenvalue weighted by atomic mass is 9.95. The van der Waals surface area contributed by atoms with E-state index in [1.165, 1.54) is 12.1 Å². The van der Waals surface area contributed by atoms with E-state index in [-0.39, 0.29) is 34.4 Å². The predicted molar refractivity (Wildman–Crippen MR) is 62.0 cm³/mol. The second kappa shape index (κ2) is 4.55. The summed E-state index contributed by atoms with van der Waals surface area (Å²) in [5.74, 6) is -2.46. The molecule has 6 heteroatoms. The zero-order valence-corrected chi connectivity index (χ0v) is 10.1. The molecule has 1 aliphatic rings. The van der Waals surface area contributed by atoms with Gasteiger partial charge < -0.3 is 9.84 Å². The van der Waals surface area contributed by atoms with Crippen LogP contribution < -0.4 is 4.74 Å². The molecule has 90 valence electrons. The summed E-state index contributed by atoms with van der Waals surface area (Å²) in [5.41, 5.74) is 0.171. The van der Waals surface area contributed by atoms with Gasteiger partial charge in [-0.3, -0.25) is 9.59 Å². The van der Waals surface area contributed by atoms with Crippen molar-refractivity contribution in [1.29, 1.82) is 0 Å². The van der Waals surface area contributed by atoms with Gasteiger partial charge in [0.05, 0.1) is 22.2 Å². The number of aliphatic carboxylic acids is 1. The standard InChI is InChI=1S/C11H8Cl2O4/c12-7-3-6-9(4-8(7)13)17-2-1-5(10(6)14)11(15)16/h3-5H,1-2H2,(H,15,16). The largest absolute Gasteiger partial charge is 0.493 e. The molecule has 0 fully saturated rings. The molecule has 1 N–H and O–H groups in total. The first-order valence-corrected chi connectivity index (χ1v) is 5.65. The van der Waals surface area contributed by atoms with Crippen molar-refractivity contribution in [1.82, 2.24) is 0 Å². The van der Waals surface area contributed by atoms with Gasteiger partial charge in [-0.1, -0.05) is 23.2 Å². The zero-order chi connectivity index (χ0) is 12.6. The molecule has 0 aromatic heterocycles. The smallest absolute Gasteiger partial charge is 0.314 e. The third-order valence-corrected chi connectivity index (χ3v) is 3.29. The highest BCUT2D eigenvalue weighted by molar-refractivity contribution is 6.42. The van der Waals surface area contributed by atoms with Gasteiger partial charge in [-0.15, -0.1) is 0 Å². The molecular weight excluding hydrogens is 267 g/mol. The summed E-state index contributed by atoms with van der Waals surface area (Å²) in [5, 5.41) is 9.42. The minimum absolute atomic E-state index is 0.137. The van der Waals surface area contributed by atoms with Crippen molar-refractivity contribution < 1.29 is 19.4 Å². The minimum Gasteiger partial charge on any atom is -0.493 e. The van der Waals surface area contributed by atoms with E-state index in [0.717, 1.165) is 0 Å². The van der Waals surface area contributed by atoms with Crippen molar-refractivity contribution in [2.45, 2.75) is 6.42 Å². The maximum absolute atomic E-state index is 12.0. The van der Waals surface area contributed by atoms with Gasteiger partial charge in [-0.2, -0.15) is 0 Å². The Kier molecular flexibility index (Phi) is 3.26. The lowest BCUT2D eigenvalue weighted by molar-refractivity contribution is -0.140. The lowest BCUT2D eigenvalue weighted by Gasteiger charge is -2.08. The molecule has 0 bridgehead atoms. The molecule has 1 aromatic carbocycles. The monoisotopic (exact) mass is 274 g/mol. The highest BCUT2D eigenvalue weighted by Gasteiger charge is 2.32. The van der Waals surface area contributed by atoms with Gasteiger partial charge in [0.1, 0.15) is 11.7 Å². The molecule has 1 atom stereocenters. The number of carbonyl (C=O) groups excluding carboxylic acids is 1. The number of hydrogen-bond acceptors (Lipinski definition) is 3. The zero-order valence-electron chi connectivity index (χ0n) is 8.57. The lowest BCUT2D eigenvalue weighted by Crippen LogP contribution is -2.23. The Morgan fingerprint density at radius 3 is 2.65 bits per heavy atom. The van der Waals surface area contributed by atoms with Crippen molar-refractivity contribution in [3.05, 3.63) is 27.7 Å². The fourth-order valence-corrected chi connectivity index (χ4v) is 2.00. The molecule has 1 unspecified atom stereocenters. The van der Waals surface area contributed by atoms with Crippen LogP contribution in [0, 0.1) is 5.92 Å². The second-order valence-electron chi connectivity index (χ2n) is 3.65. The highest BCUT2D eigenvalue weighted by atomic mass is 35.5. The van der Waals surface area contributed by atoms with E-state index >= 15 is 0 Å². The summed E-state index contributed by atoms with van der Waals surface area (Å²) < 4.78 is 5.31. The molecule has 1 heterocycles. The Morgan fingerprint density at radius 2 is 2.00 bits per heavy atom. The van der Waals surface area contributed by atoms with E-state index in [1.54, 1.807) is 0 Å². The average Bonchev–Trinajstić information content (AvgIpc) is 2.41. The fraction of sp³-hybridized carbons (Fsp3) is 0.273. The SMILES string of the molecule is O=C(O)C1CCOc2cc(Cl)c(Cl)cc2C1=O. The van der Waals surface area contributed by atoms with Gasteiger partial charge in [0.15, 0.2) is 5.78 Å². The Hall–Kier alpha value is -1.26. The van der Waals surface area contributed by atoms with Crippen LogP contribution in [0.1, 0.15) is 16.8 Å². The average molecular weight is 275 g/mol. The summed E-state index contributed by atoms with van der Waals surface area (Å²) in [4.78, 5) is 22.9. The van der Waals surface area contributed by atoms with Crippen LogP contribution >= 0.6 is 23.2 Å². The van der Waals surface area contributed by atoms with Crippen LogP contribution in [-0.4, -0.2) is 23.5 Å². The van der Waals surface area contributed by atoms with E-state index in [0.29, 0.717) is 0 Å². The van der Waals surface area contributed by atoms with Gasteiger partial charge in [0.2, 0.25) is 0 Å². The van der Waals surface area contributed by atoms with Crippen LogP contribution in [-0.2, 0) is 4.79 Å². The molecule has 17 heavy (non-hydrogen) atoms. The van der Waals surface area contributed by atoms with Crippen LogP contribution in [0.4, 0.5) is 0 Å². The van der Waals surface area contributed by atoms with Gasteiger partial charge in [0, 0.05) is 12.5 Å². The van der Waals surface area contributed by atoms with Crippen LogP contribution in [0.15, 0.2) is 12.1 Å². The van der Waals surface area contributed by atoms with E-state index in [9.17, 15) is 9.59 Å². The van der Waals surface area contributed by atoms with Crippen molar-refractivity contribution in [3.8, 4) is 5.75 Å². The first-order chi connectivity index (χ1) is 8.00. The molecule has 0 amide bonds. The molecule has 0 spiro atoms. The van der Waals surface area contributed by atoms with Gasteiger partial charge >= 0.3 is 5.97 Å². The van der Waals surface area contributed by atoms with Crippen molar-refractivity contribution in [2.75, 3.05) is 6.61 Å². The first-order valence-electron chi connectivity index (χ1n) is 4.89. The number of Topliss-reactive ketones (excluding diaryl/α,β-unsaturated/α-hetero) is 1. The van der Waals surface area contributed by atoms with Crippen molar-refractivity contribution in [3.63, 3.8) is 0 Å². The number of benzene rings is 1. The van der Waals surface area contributed by atoms with E-state index in [2.05, 4.69) is 0 Å².